The second-order valence-electron chi connectivity index (χ2n) is 5.33. The summed E-state index contributed by atoms with van der Waals surface area (Å²) in [5.74, 6) is 0.484. The zero-order valence-corrected chi connectivity index (χ0v) is 14.6. The highest BCUT2D eigenvalue weighted by Gasteiger charge is 2.18. The van der Waals surface area contributed by atoms with Crippen molar-refractivity contribution in [1.82, 2.24) is 9.55 Å². The fraction of sp³-hybridized carbons (Fsp3) is 0.222. The van der Waals surface area contributed by atoms with Gasteiger partial charge in [-0.05, 0) is 31.2 Å². The van der Waals surface area contributed by atoms with E-state index < -0.39 is 5.97 Å². The van der Waals surface area contributed by atoms with Crippen LogP contribution in [0.5, 0.6) is 11.5 Å². The van der Waals surface area contributed by atoms with Crippen LogP contribution in [0.25, 0.3) is 22.4 Å². The van der Waals surface area contributed by atoms with Crippen LogP contribution in [0, 0.1) is 0 Å². The number of ether oxygens (including phenoxy) is 2. The Labute approximate surface area is 149 Å². The summed E-state index contributed by atoms with van der Waals surface area (Å²) in [5.41, 5.74) is 2.11. The van der Waals surface area contributed by atoms with Crippen LogP contribution < -0.4 is 9.47 Å². The van der Waals surface area contributed by atoms with Crippen LogP contribution in [0.2, 0.25) is 5.02 Å². The van der Waals surface area contributed by atoms with Gasteiger partial charge in [0.2, 0.25) is 0 Å². The number of aliphatic carboxylic acids is 1. The number of imidazole rings is 1. The Morgan fingerprint density at radius 2 is 2.08 bits per heavy atom. The molecule has 1 aromatic heterocycles. The molecule has 0 bridgehead atoms. The van der Waals surface area contributed by atoms with Crippen molar-refractivity contribution in [3.63, 3.8) is 0 Å². The molecule has 0 unspecified atom stereocenters. The summed E-state index contributed by atoms with van der Waals surface area (Å²) in [6.07, 6.45) is 0. The van der Waals surface area contributed by atoms with Crippen molar-refractivity contribution in [2.45, 2.75) is 13.5 Å². The molecule has 0 aliphatic carbocycles. The van der Waals surface area contributed by atoms with Crippen molar-refractivity contribution in [3.05, 3.63) is 41.4 Å². The number of halogens is 1. The minimum absolute atomic E-state index is 0.205. The molecule has 6 nitrogen and oxygen atoms in total. The van der Waals surface area contributed by atoms with E-state index in [0.717, 1.165) is 5.52 Å². The maximum absolute atomic E-state index is 11.3. The molecule has 130 valence electrons. The Hall–Kier alpha value is -2.73. The number of carbonyl (C=O) groups is 1. The van der Waals surface area contributed by atoms with Gasteiger partial charge in [-0.25, -0.2) is 4.98 Å². The first kappa shape index (κ1) is 17.1. The van der Waals surface area contributed by atoms with Crippen LogP contribution in [-0.4, -0.2) is 34.3 Å². The molecule has 0 aliphatic rings. The van der Waals surface area contributed by atoms with Gasteiger partial charge >= 0.3 is 5.97 Å². The molecule has 0 aliphatic heterocycles. The molecule has 0 saturated carbocycles. The summed E-state index contributed by atoms with van der Waals surface area (Å²) in [6.45, 7) is 2.10. The first-order valence-corrected chi connectivity index (χ1v) is 8.10. The third-order valence-corrected chi connectivity index (χ3v) is 4.00. The highest BCUT2D eigenvalue weighted by molar-refractivity contribution is 6.32. The van der Waals surface area contributed by atoms with E-state index in [1.807, 2.05) is 31.2 Å². The number of hydrogen-bond acceptors (Lipinski definition) is 4. The van der Waals surface area contributed by atoms with E-state index in [9.17, 15) is 9.90 Å². The average molecular weight is 361 g/mol. The predicted molar refractivity (Wildman–Crippen MR) is 95.5 cm³/mol. The summed E-state index contributed by atoms with van der Waals surface area (Å²) < 4.78 is 12.5. The monoisotopic (exact) mass is 360 g/mol. The summed E-state index contributed by atoms with van der Waals surface area (Å²) in [5, 5.41) is 9.64. The zero-order chi connectivity index (χ0) is 18.0. The highest BCUT2D eigenvalue weighted by Crippen LogP contribution is 2.39. The van der Waals surface area contributed by atoms with Gasteiger partial charge in [0.1, 0.15) is 12.4 Å². The van der Waals surface area contributed by atoms with Gasteiger partial charge in [-0.2, -0.15) is 0 Å². The highest BCUT2D eigenvalue weighted by atomic mass is 35.5. The molecule has 1 N–H and O–H groups in total. The lowest BCUT2D eigenvalue weighted by Crippen LogP contribution is -2.10. The van der Waals surface area contributed by atoms with Gasteiger partial charge in [0.05, 0.1) is 29.8 Å². The first-order chi connectivity index (χ1) is 12.0. The number of fused-ring (bicyclic) bond motifs is 1. The number of aromatic nitrogens is 2. The fourth-order valence-corrected chi connectivity index (χ4v) is 3.04. The maximum Gasteiger partial charge on any atom is 0.323 e. The molecule has 0 spiro atoms. The number of para-hydroxylation sites is 2. The molecule has 0 fully saturated rings. The van der Waals surface area contributed by atoms with Crippen molar-refractivity contribution in [2.75, 3.05) is 13.7 Å². The van der Waals surface area contributed by atoms with Gasteiger partial charge in [-0.1, -0.05) is 23.7 Å². The van der Waals surface area contributed by atoms with E-state index in [2.05, 4.69) is 4.98 Å². The maximum atomic E-state index is 11.3. The van der Waals surface area contributed by atoms with Crippen molar-refractivity contribution in [2.24, 2.45) is 0 Å². The summed E-state index contributed by atoms with van der Waals surface area (Å²) >= 11 is 6.32. The van der Waals surface area contributed by atoms with E-state index in [1.54, 1.807) is 16.7 Å². The topological polar surface area (TPSA) is 73.6 Å². The van der Waals surface area contributed by atoms with Gasteiger partial charge in [0.15, 0.2) is 11.5 Å². The smallest absolute Gasteiger partial charge is 0.323 e. The predicted octanol–water partition coefficient (Wildman–Crippen LogP) is 3.85. The van der Waals surface area contributed by atoms with E-state index in [4.69, 9.17) is 21.1 Å². The molecule has 0 saturated heterocycles. The molecule has 25 heavy (non-hydrogen) atoms. The number of carboxylic acid groups (broad SMARTS) is 1. The van der Waals surface area contributed by atoms with E-state index >= 15 is 0 Å². The van der Waals surface area contributed by atoms with Gasteiger partial charge in [-0.15, -0.1) is 0 Å². The molecule has 3 rings (SSSR count). The van der Waals surface area contributed by atoms with Crippen LogP contribution >= 0.6 is 11.6 Å². The molecule has 3 aromatic rings. The van der Waals surface area contributed by atoms with E-state index in [1.165, 1.54) is 7.11 Å². The molecule has 0 radical (unpaired) electrons. The lowest BCUT2D eigenvalue weighted by molar-refractivity contribution is -0.137. The number of methoxy groups -OCH3 is 1. The average Bonchev–Trinajstić information content (AvgIpc) is 2.93. The van der Waals surface area contributed by atoms with E-state index in [-0.39, 0.29) is 6.54 Å². The third kappa shape index (κ3) is 3.25. The SMILES string of the molecule is CCOc1cc(-c2nc3ccccc3n2CC(=O)O)cc(Cl)c1OC. The number of carboxylic acids is 1. The summed E-state index contributed by atoms with van der Waals surface area (Å²) in [7, 11) is 1.52. The second-order valence-corrected chi connectivity index (χ2v) is 5.73. The summed E-state index contributed by atoms with van der Waals surface area (Å²) in [6, 6.07) is 10.8. The Morgan fingerprint density at radius 1 is 1.32 bits per heavy atom. The first-order valence-electron chi connectivity index (χ1n) is 7.73. The third-order valence-electron chi connectivity index (χ3n) is 3.72. The minimum Gasteiger partial charge on any atom is -0.491 e. The van der Waals surface area contributed by atoms with Crippen molar-refractivity contribution >= 4 is 28.6 Å². The largest absolute Gasteiger partial charge is 0.491 e. The summed E-state index contributed by atoms with van der Waals surface area (Å²) in [4.78, 5) is 15.9. The Bertz CT molecular complexity index is 936. The van der Waals surface area contributed by atoms with Gasteiger partial charge in [0.25, 0.3) is 0 Å². The minimum atomic E-state index is -0.950. The number of benzene rings is 2. The van der Waals surface area contributed by atoms with Crippen molar-refractivity contribution in [1.29, 1.82) is 0 Å². The Morgan fingerprint density at radius 3 is 2.76 bits per heavy atom. The van der Waals surface area contributed by atoms with Gasteiger partial charge in [0, 0.05) is 5.56 Å². The number of rotatable bonds is 6. The Balaban J connectivity index is 2.23. The molecule has 7 heteroatoms. The lowest BCUT2D eigenvalue weighted by Gasteiger charge is -2.13. The molecule has 0 amide bonds. The van der Waals surface area contributed by atoms with Gasteiger partial charge in [-0.3, -0.25) is 4.79 Å². The molecule has 0 atom stereocenters. The van der Waals surface area contributed by atoms with Crippen LogP contribution in [0.4, 0.5) is 0 Å². The zero-order valence-electron chi connectivity index (χ0n) is 13.8. The van der Waals surface area contributed by atoms with Crippen molar-refractivity contribution < 1.29 is 19.4 Å². The van der Waals surface area contributed by atoms with Crippen LogP contribution in [0.1, 0.15) is 6.92 Å². The molecule has 2 aromatic carbocycles. The molecule has 1 heterocycles. The number of nitrogens with zero attached hydrogens (tertiary/aromatic N) is 2. The van der Waals surface area contributed by atoms with Crippen molar-refractivity contribution in [3.8, 4) is 22.9 Å². The van der Waals surface area contributed by atoms with Crippen LogP contribution in [0.15, 0.2) is 36.4 Å². The fourth-order valence-electron chi connectivity index (χ4n) is 2.75. The Kier molecular flexibility index (Phi) is 4.81. The quantitative estimate of drug-likeness (QED) is 0.722. The lowest BCUT2D eigenvalue weighted by atomic mass is 10.2. The molecular weight excluding hydrogens is 344 g/mol. The standard InChI is InChI=1S/C18H17ClN2O4/c1-3-25-15-9-11(8-12(19)17(15)24-2)18-20-13-6-4-5-7-14(13)21(18)10-16(22)23/h4-9H,3,10H2,1-2H3,(H,22,23). The van der Waals surface area contributed by atoms with Crippen LogP contribution in [0.3, 0.4) is 0 Å². The second kappa shape index (κ2) is 7.03. The normalized spacial score (nSPS) is 10.8. The number of hydrogen-bond donors (Lipinski definition) is 1. The molecular formula is C18H17ClN2O4. The van der Waals surface area contributed by atoms with Gasteiger partial charge < -0.3 is 19.1 Å². The van der Waals surface area contributed by atoms with Crippen LogP contribution in [-0.2, 0) is 11.3 Å². The van der Waals surface area contributed by atoms with E-state index in [0.29, 0.717) is 40.0 Å².